The number of benzene rings is 2. The second-order valence-corrected chi connectivity index (χ2v) is 6.14. The molecule has 2 aromatic carbocycles. The molecule has 0 saturated heterocycles. The van der Waals surface area contributed by atoms with Gasteiger partial charge in [-0.1, -0.05) is 42.5 Å². The minimum Gasteiger partial charge on any atom is -0.301 e. The van der Waals surface area contributed by atoms with E-state index in [0.717, 1.165) is 24.3 Å². The van der Waals surface area contributed by atoms with Crippen molar-refractivity contribution in [3.63, 3.8) is 0 Å². The largest absolute Gasteiger partial charge is 0.301 e. The molecule has 1 heterocycles. The number of hydrogen-bond donors (Lipinski definition) is 0. The number of hydrogen-bond acceptors (Lipinski definition) is 2. The average Bonchev–Trinajstić information content (AvgIpc) is 2.53. The van der Waals surface area contributed by atoms with E-state index in [9.17, 15) is 4.79 Å². The molecule has 1 aliphatic heterocycles. The molecule has 1 aliphatic rings. The highest BCUT2D eigenvalue weighted by atomic mass is 35.5. The van der Waals surface area contributed by atoms with E-state index < -0.39 is 0 Å². The fourth-order valence-electron chi connectivity index (χ4n) is 3.16. The Morgan fingerprint density at radius 1 is 1.18 bits per heavy atom. The van der Waals surface area contributed by atoms with E-state index in [1.807, 2.05) is 18.2 Å². The van der Waals surface area contributed by atoms with E-state index in [4.69, 9.17) is 11.8 Å². The molecule has 4 heteroatoms. The molecule has 3 nitrogen and oxygen atoms in total. The summed E-state index contributed by atoms with van der Waals surface area (Å²) in [6.07, 6.45) is 0. The maximum atomic E-state index is 11.6. The van der Waals surface area contributed by atoms with Crippen LogP contribution in [-0.4, -0.2) is 24.4 Å². The summed E-state index contributed by atoms with van der Waals surface area (Å²) in [5, 5.41) is 0. The zero-order valence-electron chi connectivity index (χ0n) is 12.8. The van der Waals surface area contributed by atoms with Gasteiger partial charge in [0.2, 0.25) is 5.91 Å². The van der Waals surface area contributed by atoms with E-state index in [-0.39, 0.29) is 5.91 Å². The van der Waals surface area contributed by atoms with Crippen LogP contribution in [0.25, 0.3) is 0 Å². The SMILES string of the molecule is CC(=O)N(Cl)c1cccc2c1CN(C)CC2c1ccccc1. The monoisotopic (exact) mass is 314 g/mol. The average molecular weight is 315 g/mol. The van der Waals surface area contributed by atoms with Crippen LogP contribution in [0.4, 0.5) is 5.69 Å². The van der Waals surface area contributed by atoms with Gasteiger partial charge in [0.15, 0.2) is 0 Å². The first-order chi connectivity index (χ1) is 10.6. The highest BCUT2D eigenvalue weighted by Gasteiger charge is 2.28. The number of carbonyl (C=O) groups is 1. The summed E-state index contributed by atoms with van der Waals surface area (Å²) in [5.41, 5.74) is 4.47. The summed E-state index contributed by atoms with van der Waals surface area (Å²) in [4.78, 5) is 13.9. The van der Waals surface area contributed by atoms with Gasteiger partial charge in [-0.3, -0.25) is 4.79 Å². The molecule has 1 unspecified atom stereocenters. The van der Waals surface area contributed by atoms with Crippen LogP contribution in [0, 0.1) is 0 Å². The number of nitrogens with zero attached hydrogens (tertiary/aromatic N) is 2. The molecule has 114 valence electrons. The Morgan fingerprint density at radius 3 is 2.59 bits per heavy atom. The third-order valence-corrected chi connectivity index (χ3v) is 4.60. The zero-order chi connectivity index (χ0) is 15.7. The Balaban J connectivity index is 2.11. The number of carbonyl (C=O) groups excluding carboxylic acids is 1. The van der Waals surface area contributed by atoms with Crippen molar-refractivity contribution in [1.82, 2.24) is 4.90 Å². The molecule has 0 bridgehead atoms. The van der Waals surface area contributed by atoms with Gasteiger partial charge in [0.1, 0.15) is 0 Å². The molecule has 0 aliphatic carbocycles. The smallest absolute Gasteiger partial charge is 0.238 e. The van der Waals surface area contributed by atoms with Crippen molar-refractivity contribution in [2.24, 2.45) is 0 Å². The van der Waals surface area contributed by atoms with E-state index in [2.05, 4.69) is 42.3 Å². The van der Waals surface area contributed by atoms with Gasteiger partial charge >= 0.3 is 0 Å². The number of fused-ring (bicyclic) bond motifs is 1. The Morgan fingerprint density at radius 2 is 1.91 bits per heavy atom. The van der Waals surface area contributed by atoms with Gasteiger partial charge in [-0.2, -0.15) is 0 Å². The minimum atomic E-state index is -0.167. The van der Waals surface area contributed by atoms with Crippen LogP contribution in [0.2, 0.25) is 0 Å². The molecular weight excluding hydrogens is 296 g/mol. The van der Waals surface area contributed by atoms with E-state index in [0.29, 0.717) is 5.92 Å². The highest BCUT2D eigenvalue weighted by Crippen LogP contribution is 2.38. The molecule has 22 heavy (non-hydrogen) atoms. The van der Waals surface area contributed by atoms with Gasteiger partial charge in [0.25, 0.3) is 0 Å². The van der Waals surface area contributed by atoms with Gasteiger partial charge < -0.3 is 4.90 Å². The molecule has 0 fully saturated rings. The van der Waals surface area contributed by atoms with Crippen molar-refractivity contribution < 1.29 is 4.79 Å². The lowest BCUT2D eigenvalue weighted by atomic mass is 9.84. The van der Waals surface area contributed by atoms with E-state index in [1.165, 1.54) is 22.5 Å². The predicted octanol–water partition coefficient (Wildman–Crippen LogP) is 3.77. The fraction of sp³-hybridized carbons (Fsp3) is 0.278. The standard InChI is InChI=1S/C18H19ClN2O/c1-13(22)21(19)18-10-6-9-15-16(11-20(2)12-17(15)18)14-7-4-3-5-8-14/h3-10,16H,11-12H2,1-2H3. The summed E-state index contributed by atoms with van der Waals surface area (Å²) in [7, 11) is 2.10. The second kappa shape index (κ2) is 6.11. The third kappa shape index (κ3) is 2.74. The van der Waals surface area contributed by atoms with Crippen molar-refractivity contribution in [3.8, 4) is 0 Å². The summed E-state index contributed by atoms with van der Waals surface area (Å²) in [6.45, 7) is 3.24. The second-order valence-electron chi connectivity index (χ2n) is 5.80. The molecule has 2 aromatic rings. The Kier molecular flexibility index (Phi) is 4.19. The molecule has 1 amide bonds. The van der Waals surface area contributed by atoms with Crippen molar-refractivity contribution in [2.75, 3.05) is 18.0 Å². The molecule has 3 rings (SSSR count). The first-order valence-corrected chi connectivity index (χ1v) is 7.73. The quantitative estimate of drug-likeness (QED) is 0.788. The lowest BCUT2D eigenvalue weighted by Crippen LogP contribution is -2.32. The normalized spacial score (nSPS) is 17.9. The van der Waals surface area contributed by atoms with Gasteiger partial charge in [0.05, 0.1) is 5.69 Å². The lowest BCUT2D eigenvalue weighted by Gasteiger charge is -2.34. The summed E-state index contributed by atoms with van der Waals surface area (Å²) >= 11 is 6.18. The van der Waals surface area contributed by atoms with Crippen molar-refractivity contribution in [2.45, 2.75) is 19.4 Å². The summed E-state index contributed by atoms with van der Waals surface area (Å²) in [5.74, 6) is 0.131. The van der Waals surface area contributed by atoms with Crippen LogP contribution < -0.4 is 4.42 Å². The number of rotatable bonds is 2. The van der Waals surface area contributed by atoms with Crippen LogP contribution in [0.1, 0.15) is 29.5 Å². The molecule has 0 aromatic heterocycles. The van der Waals surface area contributed by atoms with Crippen molar-refractivity contribution in [1.29, 1.82) is 0 Å². The Labute approximate surface area is 136 Å². The highest BCUT2D eigenvalue weighted by molar-refractivity contribution is 6.36. The van der Waals surface area contributed by atoms with Crippen LogP contribution in [-0.2, 0) is 11.3 Å². The minimum absolute atomic E-state index is 0.167. The lowest BCUT2D eigenvalue weighted by molar-refractivity contribution is -0.115. The number of halogens is 1. The van der Waals surface area contributed by atoms with Crippen molar-refractivity contribution >= 4 is 23.4 Å². The number of likely N-dealkylation sites (N-methyl/N-ethyl adjacent to an activating group) is 1. The van der Waals surface area contributed by atoms with E-state index >= 15 is 0 Å². The predicted molar refractivity (Wildman–Crippen MR) is 90.1 cm³/mol. The molecule has 0 N–H and O–H groups in total. The maximum Gasteiger partial charge on any atom is 0.238 e. The molecule has 0 saturated carbocycles. The Hall–Kier alpha value is -1.84. The topological polar surface area (TPSA) is 23.6 Å². The molecule has 0 radical (unpaired) electrons. The van der Waals surface area contributed by atoms with Gasteiger partial charge in [-0.05, 0) is 29.8 Å². The Bertz CT molecular complexity index is 687. The maximum absolute atomic E-state index is 11.6. The molecule has 1 atom stereocenters. The fourth-order valence-corrected chi connectivity index (χ4v) is 3.32. The van der Waals surface area contributed by atoms with Crippen LogP contribution >= 0.6 is 11.8 Å². The zero-order valence-corrected chi connectivity index (χ0v) is 13.5. The van der Waals surface area contributed by atoms with Gasteiger partial charge in [-0.15, -0.1) is 0 Å². The van der Waals surface area contributed by atoms with Gasteiger partial charge in [-0.25, -0.2) is 4.42 Å². The van der Waals surface area contributed by atoms with Gasteiger partial charge in [0, 0.05) is 37.7 Å². The first-order valence-electron chi connectivity index (χ1n) is 7.39. The number of anilines is 1. The van der Waals surface area contributed by atoms with Crippen LogP contribution in [0.3, 0.4) is 0 Å². The first kappa shape index (κ1) is 15.1. The van der Waals surface area contributed by atoms with E-state index in [1.54, 1.807) is 0 Å². The third-order valence-electron chi connectivity index (χ3n) is 4.18. The molecule has 0 spiro atoms. The summed E-state index contributed by atoms with van der Waals surface area (Å²) < 4.78 is 1.22. The van der Waals surface area contributed by atoms with Crippen LogP contribution in [0.5, 0.6) is 0 Å². The molecular formula is C18H19ClN2O. The summed E-state index contributed by atoms with van der Waals surface area (Å²) in [6, 6.07) is 16.5. The number of amides is 1. The van der Waals surface area contributed by atoms with Crippen LogP contribution in [0.15, 0.2) is 48.5 Å². The van der Waals surface area contributed by atoms with Crippen molar-refractivity contribution in [3.05, 3.63) is 65.2 Å².